The zero-order valence-corrected chi connectivity index (χ0v) is 51.2. The Morgan fingerprint density at radius 3 is 1.90 bits per heavy atom. The number of aliphatic hydroxyl groups excluding tert-OH is 13. The third-order valence-corrected chi connectivity index (χ3v) is 16.7. The van der Waals surface area contributed by atoms with Gasteiger partial charge in [-0.25, -0.2) is 0 Å². The number of amides is 4. The number of benzene rings is 2. The number of ether oxygens (including phenoxy) is 6. The summed E-state index contributed by atoms with van der Waals surface area (Å²) in [7, 11) is 0. The highest BCUT2D eigenvalue weighted by molar-refractivity contribution is 5.96. The number of hydrogen-bond donors (Lipinski definition) is 22. The summed E-state index contributed by atoms with van der Waals surface area (Å²) >= 11 is 0. The van der Waals surface area contributed by atoms with E-state index in [9.17, 15) is 95.2 Å². The minimum absolute atomic E-state index is 0.122. The molecule has 0 aliphatic carbocycles. The monoisotopic (exact) mass is 1340 g/mol. The van der Waals surface area contributed by atoms with E-state index in [4.69, 9.17) is 51.4 Å². The van der Waals surface area contributed by atoms with E-state index in [2.05, 4.69) is 36.6 Å². The molecule has 2 aromatic carbocycles. The standard InChI is InChI=1S/C57H86N12O25/c1-21(2)11-34(75)93-48-43(81)41(79)32(19-73)91-55(48)94-47-33(20-74)92-54(46(84)44(47)82)90-30-10-9-23(12-26(30)58)13-27(65-50(86)35(59)22(3)24-7-5-4-6-8-24)49(85)67-36(38(76)28-14-62-56(60)66-28)52(88)68-37(51(87)64-25(16-70)17-71)39(77)29-15-63-57(61)69(29)53-45(83)42(80)40(78)31(18-72)89-53/h4-10,12,16,21-22,25,27-29,31-33,35-48,53-55,71-74,76-84H,11,13-15,17-20,58-59H2,1-3H3,(H2,61,63)(H,64,87)(H,65,86)(H,67,85)(H,68,88)(H3,60,62,66). The van der Waals surface area contributed by atoms with Gasteiger partial charge in [-0.15, -0.1) is 0 Å². The predicted octanol–water partition coefficient (Wildman–Crippen LogP) is -11.5. The van der Waals surface area contributed by atoms with E-state index in [0.29, 0.717) is 5.56 Å². The van der Waals surface area contributed by atoms with Gasteiger partial charge in [0, 0.05) is 18.8 Å². The van der Waals surface area contributed by atoms with Crippen LogP contribution in [0.15, 0.2) is 58.5 Å². The van der Waals surface area contributed by atoms with Crippen molar-refractivity contribution in [1.82, 2.24) is 31.5 Å². The van der Waals surface area contributed by atoms with Crippen LogP contribution in [0.4, 0.5) is 5.69 Å². The molecule has 0 saturated carbocycles. The van der Waals surface area contributed by atoms with Crippen LogP contribution < -0.4 is 54.3 Å². The molecule has 2 aromatic rings. The summed E-state index contributed by atoms with van der Waals surface area (Å²) < 4.78 is 34.4. The van der Waals surface area contributed by atoms with Crippen LogP contribution in [0.1, 0.15) is 44.2 Å². The number of carbonyl (C=O) groups excluding carboxylic acids is 6. The smallest absolute Gasteiger partial charge is 0.306 e. The lowest BCUT2D eigenvalue weighted by Gasteiger charge is -2.46. The fraction of sp³-hybridized carbons (Fsp3) is 0.649. The number of aldehydes is 1. The number of esters is 1. The van der Waals surface area contributed by atoms with Gasteiger partial charge < -0.3 is 154 Å². The first-order valence-electron chi connectivity index (χ1n) is 30.1. The Kier molecular flexibility index (Phi) is 26.1. The third kappa shape index (κ3) is 17.3. The molecule has 25 atom stereocenters. The summed E-state index contributed by atoms with van der Waals surface area (Å²) in [6, 6.07) is 0.234. The highest BCUT2D eigenvalue weighted by Gasteiger charge is 2.55. The van der Waals surface area contributed by atoms with Crippen LogP contribution in [-0.4, -0.2) is 305 Å². The number of rotatable bonds is 29. The van der Waals surface area contributed by atoms with Crippen LogP contribution in [0.2, 0.25) is 0 Å². The number of anilines is 1. The lowest BCUT2D eigenvalue weighted by atomic mass is 9.93. The van der Waals surface area contributed by atoms with Crippen molar-refractivity contribution >= 4 is 53.5 Å². The molecular weight excluding hydrogens is 1250 g/mol. The number of nitrogen functional groups attached to an aromatic ring is 1. The van der Waals surface area contributed by atoms with Gasteiger partial charge in [0.2, 0.25) is 29.9 Å². The molecule has 3 fully saturated rings. The van der Waals surface area contributed by atoms with E-state index in [1.54, 1.807) is 51.1 Å². The van der Waals surface area contributed by atoms with Crippen molar-refractivity contribution in [2.45, 2.75) is 186 Å². The van der Waals surface area contributed by atoms with Crippen molar-refractivity contribution in [1.29, 1.82) is 0 Å². The van der Waals surface area contributed by atoms with Crippen LogP contribution >= 0.6 is 0 Å². The van der Waals surface area contributed by atoms with Crippen molar-refractivity contribution in [3.05, 3.63) is 59.7 Å². The van der Waals surface area contributed by atoms with Crippen LogP contribution in [0.5, 0.6) is 5.75 Å². The predicted molar refractivity (Wildman–Crippen MR) is 320 cm³/mol. The van der Waals surface area contributed by atoms with Gasteiger partial charge in [0.15, 0.2) is 30.5 Å². The Bertz CT molecular complexity index is 2960. The number of aliphatic hydroxyl groups is 13. The Morgan fingerprint density at radius 2 is 1.30 bits per heavy atom. The summed E-state index contributed by atoms with van der Waals surface area (Å²) in [5.74, 6) is -7.57. The molecule has 7 rings (SSSR count). The number of aliphatic imine (C=N–C) groups is 2. The molecule has 0 radical (unpaired) electrons. The van der Waals surface area contributed by atoms with E-state index >= 15 is 0 Å². The maximum Gasteiger partial charge on any atom is 0.306 e. The second kappa shape index (κ2) is 33.0. The molecule has 5 aliphatic rings. The number of nitrogens with one attached hydrogen (secondary N) is 5. The fourth-order valence-corrected chi connectivity index (χ4v) is 11.2. The maximum absolute atomic E-state index is 15.0. The summed E-state index contributed by atoms with van der Waals surface area (Å²) in [6.45, 7) is 0.579. The van der Waals surface area contributed by atoms with E-state index in [1.165, 1.54) is 18.2 Å². The van der Waals surface area contributed by atoms with Crippen molar-refractivity contribution in [2.75, 3.05) is 45.3 Å². The molecule has 94 heavy (non-hydrogen) atoms. The topological polar surface area (TPSA) is 613 Å². The Morgan fingerprint density at radius 1 is 0.691 bits per heavy atom. The second-order valence-corrected chi connectivity index (χ2v) is 23.8. The molecule has 0 spiro atoms. The average molecular weight is 1340 g/mol. The van der Waals surface area contributed by atoms with Gasteiger partial charge in [-0.05, 0) is 29.2 Å². The molecule has 25 unspecified atom stereocenters. The van der Waals surface area contributed by atoms with Gasteiger partial charge in [-0.2, -0.15) is 0 Å². The fourth-order valence-electron chi connectivity index (χ4n) is 11.2. The molecule has 524 valence electrons. The van der Waals surface area contributed by atoms with Gasteiger partial charge >= 0.3 is 5.97 Å². The van der Waals surface area contributed by atoms with Gasteiger partial charge in [-0.1, -0.05) is 57.2 Å². The quantitative estimate of drug-likeness (QED) is 0.0204. The van der Waals surface area contributed by atoms with E-state index < -0.39 is 227 Å². The molecule has 3 saturated heterocycles. The number of hydrogen-bond acceptors (Lipinski definition) is 33. The van der Waals surface area contributed by atoms with E-state index in [1.807, 2.05) is 0 Å². The van der Waals surface area contributed by atoms with Gasteiger partial charge in [0.1, 0.15) is 116 Å². The summed E-state index contributed by atoms with van der Waals surface area (Å²) in [6.07, 6.45) is -31.8. The highest BCUT2D eigenvalue weighted by Crippen LogP contribution is 2.34. The SMILES string of the molecule is CC(C)CC(=O)OC1C(OC2C(CO)OC(Oc3ccc(CC(NC(=O)C(N)C(C)c4ccccc4)C(=O)NC(C(=O)NC(C(=O)NC(C=O)CO)C(O)C4CN=C(N)N4C4OC(CO)C(O)C(O)C4O)C(O)C4CN=C(N)N4)cc3N)C(O)C2O)OC(CO)C(O)C1O. The van der Waals surface area contributed by atoms with Gasteiger partial charge in [0.05, 0.1) is 63.3 Å². The van der Waals surface area contributed by atoms with Crippen LogP contribution in [-0.2, 0) is 58.9 Å². The Hall–Kier alpha value is -7.12. The Balaban J connectivity index is 1.16. The number of nitrogens with zero attached hydrogens (tertiary/aromatic N) is 3. The van der Waals surface area contributed by atoms with E-state index in [-0.39, 0.29) is 48.1 Å². The summed E-state index contributed by atoms with van der Waals surface area (Å²) in [5, 5.41) is 153. The third-order valence-electron chi connectivity index (χ3n) is 16.7. The van der Waals surface area contributed by atoms with Crippen molar-refractivity contribution in [3.63, 3.8) is 0 Å². The molecule has 37 heteroatoms. The molecule has 5 heterocycles. The molecule has 26 N–H and O–H groups in total. The minimum Gasteiger partial charge on any atom is -0.460 e. The second-order valence-electron chi connectivity index (χ2n) is 23.8. The van der Waals surface area contributed by atoms with E-state index in [0.717, 1.165) is 4.90 Å². The zero-order chi connectivity index (χ0) is 69.2. The summed E-state index contributed by atoms with van der Waals surface area (Å²) in [4.78, 5) is 92.0. The first-order valence-corrected chi connectivity index (χ1v) is 30.1. The van der Waals surface area contributed by atoms with Crippen LogP contribution in [0.3, 0.4) is 0 Å². The molecule has 0 aromatic heterocycles. The van der Waals surface area contributed by atoms with Gasteiger partial charge in [-0.3, -0.25) is 34.0 Å². The Labute approximate surface area is 537 Å². The molecule has 37 nitrogen and oxygen atoms in total. The van der Waals surface area contributed by atoms with Gasteiger partial charge in [0.25, 0.3) is 0 Å². The molecular formula is C57H86N12O25. The summed E-state index contributed by atoms with van der Waals surface area (Å²) in [5.41, 5.74) is 25.6. The number of carbonyl (C=O) groups is 6. The van der Waals surface area contributed by atoms with Crippen molar-refractivity contribution in [3.8, 4) is 5.75 Å². The number of guanidine groups is 2. The normalized spacial score (nSPS) is 32.0. The molecule has 4 amide bonds. The molecule has 5 aliphatic heterocycles. The highest BCUT2D eigenvalue weighted by atomic mass is 16.7. The lowest BCUT2D eigenvalue weighted by Crippen LogP contribution is -2.70. The van der Waals surface area contributed by atoms with Crippen molar-refractivity contribution in [2.24, 2.45) is 33.1 Å². The van der Waals surface area contributed by atoms with Crippen LogP contribution in [0.25, 0.3) is 0 Å². The first kappa shape index (κ1) is 74.3. The zero-order valence-electron chi connectivity index (χ0n) is 51.2. The number of nitrogens with two attached hydrogens (primary N) is 4. The van der Waals surface area contributed by atoms with Crippen molar-refractivity contribution < 1.29 is 124 Å². The minimum atomic E-state index is -2.28. The van der Waals surface area contributed by atoms with Crippen LogP contribution in [0, 0.1) is 5.92 Å². The molecule has 0 bridgehead atoms. The largest absolute Gasteiger partial charge is 0.460 e. The average Bonchev–Trinajstić information content (AvgIpc) is 1.39. The maximum atomic E-state index is 15.0. The first-order chi connectivity index (χ1) is 44.6. The lowest BCUT2D eigenvalue weighted by molar-refractivity contribution is -0.353.